The van der Waals surface area contributed by atoms with E-state index in [2.05, 4.69) is 15.0 Å². The summed E-state index contributed by atoms with van der Waals surface area (Å²) >= 11 is 0. The standard InChI is InChI=1S/C18H18N4O2/c1-24-11-10-22(13-15-4-2-3-7-19-15)18(23)14-5-6-16-17(12-14)21-9-8-20-16/h2-9,12H,10-11,13H2,1H3. The van der Waals surface area contributed by atoms with Crippen molar-refractivity contribution in [1.82, 2.24) is 19.9 Å². The van der Waals surface area contributed by atoms with Crippen LogP contribution in [0.15, 0.2) is 55.0 Å². The monoisotopic (exact) mass is 322 g/mol. The molecule has 24 heavy (non-hydrogen) atoms. The summed E-state index contributed by atoms with van der Waals surface area (Å²) in [5.41, 5.74) is 2.88. The molecule has 3 aromatic rings. The van der Waals surface area contributed by atoms with Gasteiger partial charge >= 0.3 is 0 Å². The van der Waals surface area contributed by atoms with Gasteiger partial charge in [0.2, 0.25) is 0 Å². The molecule has 1 amide bonds. The number of rotatable bonds is 6. The summed E-state index contributed by atoms with van der Waals surface area (Å²) in [6, 6.07) is 11.0. The number of hydrogen-bond donors (Lipinski definition) is 0. The lowest BCUT2D eigenvalue weighted by Crippen LogP contribution is -2.33. The minimum Gasteiger partial charge on any atom is -0.383 e. The second-order valence-corrected chi connectivity index (χ2v) is 5.30. The van der Waals surface area contributed by atoms with Crippen molar-refractivity contribution in [3.8, 4) is 0 Å². The molecule has 0 saturated heterocycles. The van der Waals surface area contributed by atoms with E-state index in [1.807, 2.05) is 24.3 Å². The minimum absolute atomic E-state index is 0.0785. The molecule has 6 heteroatoms. The summed E-state index contributed by atoms with van der Waals surface area (Å²) in [5.74, 6) is -0.0785. The highest BCUT2D eigenvalue weighted by Crippen LogP contribution is 2.14. The minimum atomic E-state index is -0.0785. The molecule has 2 heterocycles. The molecule has 0 unspecified atom stereocenters. The fourth-order valence-electron chi connectivity index (χ4n) is 2.42. The maximum absolute atomic E-state index is 12.9. The molecular formula is C18H18N4O2. The van der Waals surface area contributed by atoms with Gasteiger partial charge in [0.05, 0.1) is 29.9 Å². The van der Waals surface area contributed by atoms with Gasteiger partial charge in [-0.1, -0.05) is 6.07 Å². The summed E-state index contributed by atoms with van der Waals surface area (Å²) in [5, 5.41) is 0. The quantitative estimate of drug-likeness (QED) is 0.696. The van der Waals surface area contributed by atoms with Crippen LogP contribution in [-0.2, 0) is 11.3 Å². The predicted molar refractivity (Wildman–Crippen MR) is 90.4 cm³/mol. The summed E-state index contributed by atoms with van der Waals surface area (Å²) in [6.45, 7) is 1.39. The van der Waals surface area contributed by atoms with Crippen LogP contribution in [-0.4, -0.2) is 46.0 Å². The Morgan fingerprint density at radius 2 is 1.88 bits per heavy atom. The van der Waals surface area contributed by atoms with Crippen molar-refractivity contribution in [1.29, 1.82) is 0 Å². The van der Waals surface area contributed by atoms with Crippen molar-refractivity contribution in [2.45, 2.75) is 6.54 Å². The van der Waals surface area contributed by atoms with E-state index in [1.165, 1.54) is 0 Å². The van der Waals surface area contributed by atoms with Crippen molar-refractivity contribution < 1.29 is 9.53 Å². The van der Waals surface area contributed by atoms with Crippen LogP contribution in [0.1, 0.15) is 16.1 Å². The Kier molecular flexibility index (Phi) is 5.08. The van der Waals surface area contributed by atoms with E-state index in [0.717, 1.165) is 11.2 Å². The normalized spacial score (nSPS) is 10.7. The fraction of sp³-hybridized carbons (Fsp3) is 0.222. The second-order valence-electron chi connectivity index (χ2n) is 5.30. The molecule has 2 aromatic heterocycles. The third-order valence-electron chi connectivity index (χ3n) is 3.65. The molecule has 0 bridgehead atoms. The maximum atomic E-state index is 12.9. The number of benzene rings is 1. The number of nitrogens with zero attached hydrogens (tertiary/aromatic N) is 4. The third-order valence-corrected chi connectivity index (χ3v) is 3.65. The number of carbonyl (C=O) groups excluding carboxylic acids is 1. The van der Waals surface area contributed by atoms with Gasteiger partial charge in [-0.2, -0.15) is 0 Å². The highest BCUT2D eigenvalue weighted by molar-refractivity contribution is 5.97. The molecular weight excluding hydrogens is 304 g/mol. The SMILES string of the molecule is COCCN(Cc1ccccn1)C(=O)c1ccc2nccnc2c1. The molecule has 0 aliphatic rings. The van der Waals surface area contributed by atoms with E-state index >= 15 is 0 Å². The Morgan fingerprint density at radius 3 is 2.62 bits per heavy atom. The molecule has 0 spiro atoms. The molecule has 6 nitrogen and oxygen atoms in total. The van der Waals surface area contributed by atoms with Crippen molar-refractivity contribution in [3.05, 3.63) is 66.2 Å². The van der Waals surface area contributed by atoms with Gasteiger partial charge in [-0.3, -0.25) is 19.7 Å². The highest BCUT2D eigenvalue weighted by atomic mass is 16.5. The lowest BCUT2D eigenvalue weighted by molar-refractivity contribution is 0.0678. The smallest absolute Gasteiger partial charge is 0.254 e. The van der Waals surface area contributed by atoms with E-state index in [4.69, 9.17) is 4.74 Å². The fourth-order valence-corrected chi connectivity index (χ4v) is 2.42. The zero-order valence-corrected chi connectivity index (χ0v) is 13.4. The molecule has 1 aromatic carbocycles. The molecule has 3 rings (SSSR count). The lowest BCUT2D eigenvalue weighted by atomic mass is 10.1. The van der Waals surface area contributed by atoms with Crippen LogP contribution < -0.4 is 0 Å². The average Bonchev–Trinajstić information content (AvgIpc) is 2.65. The Labute approximate surface area is 140 Å². The van der Waals surface area contributed by atoms with Crippen LogP contribution in [0.25, 0.3) is 11.0 Å². The van der Waals surface area contributed by atoms with Gasteiger partial charge in [0.15, 0.2) is 0 Å². The van der Waals surface area contributed by atoms with Gasteiger partial charge < -0.3 is 9.64 Å². The number of ether oxygens (including phenoxy) is 1. The first kappa shape index (κ1) is 16.0. The molecule has 0 saturated carbocycles. The second kappa shape index (κ2) is 7.61. The predicted octanol–water partition coefficient (Wildman–Crippen LogP) is 2.31. The average molecular weight is 322 g/mol. The third kappa shape index (κ3) is 3.72. The van der Waals surface area contributed by atoms with E-state index in [0.29, 0.717) is 30.8 Å². The first-order valence-electron chi connectivity index (χ1n) is 7.67. The zero-order chi connectivity index (χ0) is 16.8. The van der Waals surface area contributed by atoms with E-state index < -0.39 is 0 Å². The number of methoxy groups -OCH3 is 1. The Morgan fingerprint density at radius 1 is 1.04 bits per heavy atom. The summed E-state index contributed by atoms with van der Waals surface area (Å²) < 4.78 is 5.13. The molecule has 0 aliphatic carbocycles. The van der Waals surface area contributed by atoms with Crippen LogP contribution in [0.2, 0.25) is 0 Å². The van der Waals surface area contributed by atoms with E-state index in [-0.39, 0.29) is 5.91 Å². The van der Waals surface area contributed by atoms with Crippen molar-refractivity contribution in [3.63, 3.8) is 0 Å². The van der Waals surface area contributed by atoms with Crippen LogP contribution in [0.4, 0.5) is 0 Å². The van der Waals surface area contributed by atoms with Crippen LogP contribution in [0, 0.1) is 0 Å². The number of carbonyl (C=O) groups is 1. The molecule has 0 N–H and O–H groups in total. The van der Waals surface area contributed by atoms with Gasteiger partial charge in [-0.15, -0.1) is 0 Å². The largest absolute Gasteiger partial charge is 0.383 e. The van der Waals surface area contributed by atoms with E-state index in [1.54, 1.807) is 42.7 Å². The molecule has 0 aliphatic heterocycles. The first-order valence-corrected chi connectivity index (χ1v) is 7.67. The van der Waals surface area contributed by atoms with Crippen LogP contribution in [0.3, 0.4) is 0 Å². The number of amides is 1. The number of fused-ring (bicyclic) bond motifs is 1. The molecule has 122 valence electrons. The number of hydrogen-bond acceptors (Lipinski definition) is 5. The summed E-state index contributed by atoms with van der Waals surface area (Å²) in [4.78, 5) is 27.4. The van der Waals surface area contributed by atoms with Gasteiger partial charge in [-0.05, 0) is 30.3 Å². The van der Waals surface area contributed by atoms with Crippen LogP contribution in [0.5, 0.6) is 0 Å². The lowest BCUT2D eigenvalue weighted by Gasteiger charge is -2.22. The molecule has 0 radical (unpaired) electrons. The Balaban J connectivity index is 1.85. The highest BCUT2D eigenvalue weighted by Gasteiger charge is 2.17. The van der Waals surface area contributed by atoms with Gasteiger partial charge in [-0.25, -0.2) is 0 Å². The Bertz CT molecular complexity index is 823. The summed E-state index contributed by atoms with van der Waals surface area (Å²) in [6.07, 6.45) is 4.98. The van der Waals surface area contributed by atoms with E-state index in [9.17, 15) is 4.79 Å². The first-order chi connectivity index (χ1) is 11.8. The number of aromatic nitrogens is 3. The zero-order valence-electron chi connectivity index (χ0n) is 13.4. The number of pyridine rings is 1. The van der Waals surface area contributed by atoms with Crippen molar-refractivity contribution >= 4 is 16.9 Å². The Hall–Kier alpha value is -2.86. The molecule has 0 atom stereocenters. The summed E-state index contributed by atoms with van der Waals surface area (Å²) in [7, 11) is 1.62. The van der Waals surface area contributed by atoms with Gasteiger partial charge in [0.25, 0.3) is 5.91 Å². The molecule has 0 fully saturated rings. The van der Waals surface area contributed by atoms with Gasteiger partial charge in [0, 0.05) is 37.8 Å². The van der Waals surface area contributed by atoms with Crippen LogP contribution >= 0.6 is 0 Å². The van der Waals surface area contributed by atoms with Crippen molar-refractivity contribution in [2.75, 3.05) is 20.3 Å². The maximum Gasteiger partial charge on any atom is 0.254 e. The topological polar surface area (TPSA) is 68.2 Å². The van der Waals surface area contributed by atoms with Crippen molar-refractivity contribution in [2.24, 2.45) is 0 Å². The van der Waals surface area contributed by atoms with Gasteiger partial charge in [0.1, 0.15) is 0 Å².